The van der Waals surface area contributed by atoms with E-state index in [2.05, 4.69) is 24.1 Å². The molecule has 2 atom stereocenters. The molecule has 2 aromatic rings. The molecule has 1 saturated heterocycles. The minimum atomic E-state index is -0.190. The van der Waals surface area contributed by atoms with E-state index in [1.54, 1.807) is 0 Å². The zero-order valence-electron chi connectivity index (χ0n) is 16.5. The van der Waals surface area contributed by atoms with Gasteiger partial charge in [0, 0.05) is 24.3 Å². The van der Waals surface area contributed by atoms with E-state index >= 15 is 0 Å². The summed E-state index contributed by atoms with van der Waals surface area (Å²) in [6.07, 6.45) is 0.326. The van der Waals surface area contributed by atoms with Crippen molar-refractivity contribution < 1.29 is 14.3 Å². The molecule has 6 heteroatoms. The second-order valence-corrected chi connectivity index (χ2v) is 7.53. The molecule has 0 radical (unpaired) electrons. The van der Waals surface area contributed by atoms with Crippen molar-refractivity contribution in [3.8, 4) is 5.75 Å². The molecule has 5 nitrogen and oxygen atoms in total. The fourth-order valence-corrected chi connectivity index (χ4v) is 3.55. The third-order valence-electron chi connectivity index (χ3n) is 4.60. The van der Waals surface area contributed by atoms with E-state index in [-0.39, 0.29) is 24.7 Å². The Morgan fingerprint density at radius 2 is 1.79 bits per heavy atom. The van der Waals surface area contributed by atoms with Gasteiger partial charge in [-0.3, -0.25) is 4.79 Å². The predicted octanol–water partition coefficient (Wildman–Crippen LogP) is 3.80. The lowest BCUT2D eigenvalue weighted by Gasteiger charge is -2.37. The Morgan fingerprint density at radius 3 is 2.43 bits per heavy atom. The molecule has 0 bridgehead atoms. The van der Waals surface area contributed by atoms with Gasteiger partial charge < -0.3 is 19.7 Å². The third-order valence-corrected chi connectivity index (χ3v) is 5.09. The summed E-state index contributed by atoms with van der Waals surface area (Å²) in [5.74, 6) is 0.445. The number of morpholine rings is 1. The maximum absolute atomic E-state index is 12.1. The highest BCUT2D eigenvalue weighted by Gasteiger charge is 2.24. The lowest BCUT2D eigenvalue weighted by Crippen LogP contribution is -2.47. The number of para-hydroxylation sites is 1. The largest absolute Gasteiger partial charge is 0.484 e. The summed E-state index contributed by atoms with van der Waals surface area (Å²) in [5, 5.41) is 2.86. The van der Waals surface area contributed by atoms with Gasteiger partial charge >= 0.3 is 0 Å². The summed E-state index contributed by atoms with van der Waals surface area (Å²) in [5.41, 5.74) is 2.78. The number of nitrogens with one attached hydrogen (secondary N) is 1. The lowest BCUT2D eigenvalue weighted by atomic mass is 10.1. The van der Waals surface area contributed by atoms with Crippen molar-refractivity contribution in [2.45, 2.75) is 33.0 Å². The molecule has 3 rings (SSSR count). The maximum Gasteiger partial charge on any atom is 0.262 e. The van der Waals surface area contributed by atoms with Crippen LogP contribution in [0.4, 0.5) is 5.69 Å². The van der Waals surface area contributed by atoms with Crippen molar-refractivity contribution >= 4 is 28.8 Å². The van der Waals surface area contributed by atoms with E-state index in [0.717, 1.165) is 34.9 Å². The highest BCUT2D eigenvalue weighted by Crippen LogP contribution is 2.18. The van der Waals surface area contributed by atoms with Crippen LogP contribution >= 0.6 is 12.2 Å². The minimum Gasteiger partial charge on any atom is -0.484 e. The number of ether oxygens (including phenoxy) is 2. The second-order valence-electron chi connectivity index (χ2n) is 7.14. The number of amides is 1. The molecule has 1 heterocycles. The first-order chi connectivity index (χ1) is 13.4. The van der Waals surface area contributed by atoms with Crippen LogP contribution < -0.4 is 10.1 Å². The number of benzene rings is 2. The quantitative estimate of drug-likeness (QED) is 0.777. The van der Waals surface area contributed by atoms with Crippen molar-refractivity contribution in [2.24, 2.45) is 0 Å². The van der Waals surface area contributed by atoms with Gasteiger partial charge in [0.25, 0.3) is 5.91 Å². The topological polar surface area (TPSA) is 50.8 Å². The van der Waals surface area contributed by atoms with E-state index in [0.29, 0.717) is 5.75 Å². The van der Waals surface area contributed by atoms with Crippen LogP contribution in [0.2, 0.25) is 0 Å². The SMILES string of the molecule is Cc1ccccc1NC(=O)COc1ccc(C(=S)N2C[C@H](C)O[C@@H](C)C2)cc1. The summed E-state index contributed by atoms with van der Waals surface area (Å²) >= 11 is 5.65. The molecular weight excluding hydrogens is 372 g/mol. The average Bonchev–Trinajstić information content (AvgIpc) is 2.67. The Bertz CT molecular complexity index is 828. The number of nitrogens with zero attached hydrogens (tertiary/aromatic N) is 1. The van der Waals surface area contributed by atoms with Crippen molar-refractivity contribution in [3.63, 3.8) is 0 Å². The number of anilines is 1. The van der Waals surface area contributed by atoms with Crippen LogP contribution in [0.25, 0.3) is 0 Å². The van der Waals surface area contributed by atoms with Gasteiger partial charge in [0.2, 0.25) is 0 Å². The van der Waals surface area contributed by atoms with Gasteiger partial charge in [0.05, 0.1) is 12.2 Å². The van der Waals surface area contributed by atoms with E-state index in [1.807, 2.05) is 55.5 Å². The van der Waals surface area contributed by atoms with Crippen LogP contribution in [-0.2, 0) is 9.53 Å². The average molecular weight is 399 g/mol. The first-order valence-electron chi connectivity index (χ1n) is 9.45. The molecule has 1 N–H and O–H groups in total. The lowest BCUT2D eigenvalue weighted by molar-refractivity contribution is -0.118. The molecule has 1 fully saturated rings. The number of thiocarbonyl (C=S) groups is 1. The Labute approximate surface area is 171 Å². The smallest absolute Gasteiger partial charge is 0.262 e. The molecule has 1 aliphatic rings. The van der Waals surface area contributed by atoms with E-state index in [1.165, 1.54) is 0 Å². The molecule has 0 unspecified atom stereocenters. The van der Waals surface area contributed by atoms with Crippen molar-refractivity contribution in [1.82, 2.24) is 4.90 Å². The number of aryl methyl sites for hydroxylation is 1. The number of carbonyl (C=O) groups is 1. The third kappa shape index (κ3) is 5.30. The van der Waals surface area contributed by atoms with Crippen LogP contribution in [-0.4, -0.2) is 47.7 Å². The highest BCUT2D eigenvalue weighted by molar-refractivity contribution is 7.80. The van der Waals surface area contributed by atoms with Gasteiger partial charge in [-0.1, -0.05) is 30.4 Å². The molecule has 0 aliphatic carbocycles. The number of hydrogen-bond donors (Lipinski definition) is 1. The predicted molar refractivity (Wildman–Crippen MR) is 115 cm³/mol. The zero-order valence-corrected chi connectivity index (χ0v) is 17.3. The van der Waals surface area contributed by atoms with Gasteiger partial charge in [-0.15, -0.1) is 0 Å². The molecule has 2 aromatic carbocycles. The number of rotatable bonds is 5. The summed E-state index contributed by atoms with van der Waals surface area (Å²) in [6, 6.07) is 15.2. The molecule has 1 amide bonds. The molecule has 0 aromatic heterocycles. The van der Waals surface area contributed by atoms with Crippen LogP contribution in [0, 0.1) is 6.92 Å². The Balaban J connectivity index is 1.53. The van der Waals surface area contributed by atoms with Crippen LogP contribution in [0.3, 0.4) is 0 Å². The van der Waals surface area contributed by atoms with Crippen molar-refractivity contribution in [3.05, 3.63) is 59.7 Å². The van der Waals surface area contributed by atoms with E-state index in [4.69, 9.17) is 21.7 Å². The Kier molecular flexibility index (Phi) is 6.65. The van der Waals surface area contributed by atoms with E-state index in [9.17, 15) is 4.79 Å². The normalized spacial score (nSPS) is 19.2. The number of carbonyl (C=O) groups excluding carboxylic acids is 1. The van der Waals surface area contributed by atoms with Gasteiger partial charge in [0.15, 0.2) is 6.61 Å². The first kappa shape index (κ1) is 20.3. The summed E-state index contributed by atoms with van der Waals surface area (Å²) in [7, 11) is 0. The standard InChI is InChI=1S/C22H26N2O3S/c1-15-6-4-5-7-20(15)23-21(25)14-26-19-10-8-18(9-11-19)22(28)24-12-16(2)27-17(3)13-24/h4-11,16-17H,12-14H2,1-3H3,(H,23,25)/t16-,17-/m0/s1. The molecule has 0 saturated carbocycles. The minimum absolute atomic E-state index is 0.0450. The Morgan fingerprint density at radius 1 is 1.14 bits per heavy atom. The van der Waals surface area contributed by atoms with E-state index < -0.39 is 0 Å². The van der Waals surface area contributed by atoms with Crippen LogP contribution in [0.15, 0.2) is 48.5 Å². The molecule has 28 heavy (non-hydrogen) atoms. The fourth-order valence-electron chi connectivity index (χ4n) is 3.27. The second kappa shape index (κ2) is 9.17. The molecule has 1 aliphatic heterocycles. The molecular formula is C22H26N2O3S. The van der Waals surface area contributed by atoms with Crippen molar-refractivity contribution in [1.29, 1.82) is 0 Å². The van der Waals surface area contributed by atoms with Crippen molar-refractivity contribution in [2.75, 3.05) is 25.0 Å². The summed E-state index contributed by atoms with van der Waals surface area (Å²) in [6.45, 7) is 7.61. The summed E-state index contributed by atoms with van der Waals surface area (Å²) < 4.78 is 11.4. The van der Waals surface area contributed by atoms with Crippen LogP contribution in [0.5, 0.6) is 5.75 Å². The first-order valence-corrected chi connectivity index (χ1v) is 9.86. The van der Waals surface area contributed by atoms with Gasteiger partial charge in [-0.05, 0) is 56.7 Å². The highest BCUT2D eigenvalue weighted by atomic mass is 32.1. The molecule has 148 valence electrons. The Hall–Kier alpha value is -2.44. The summed E-state index contributed by atoms with van der Waals surface area (Å²) in [4.78, 5) is 15.1. The monoisotopic (exact) mass is 398 g/mol. The molecule has 0 spiro atoms. The number of hydrogen-bond acceptors (Lipinski definition) is 4. The van der Waals surface area contributed by atoms with Gasteiger partial charge in [-0.25, -0.2) is 0 Å². The maximum atomic E-state index is 12.1. The van der Waals surface area contributed by atoms with Gasteiger partial charge in [-0.2, -0.15) is 0 Å². The zero-order chi connectivity index (χ0) is 20.1. The fraction of sp³-hybridized carbons (Fsp3) is 0.364. The van der Waals surface area contributed by atoms with Gasteiger partial charge in [0.1, 0.15) is 10.7 Å². The van der Waals surface area contributed by atoms with Crippen LogP contribution in [0.1, 0.15) is 25.0 Å².